The van der Waals surface area contributed by atoms with Crippen LogP contribution in [0.1, 0.15) is 28.2 Å². The molecule has 0 aliphatic carbocycles. The minimum atomic E-state index is -3.31. The van der Waals surface area contributed by atoms with E-state index in [0.717, 1.165) is 28.5 Å². The van der Waals surface area contributed by atoms with Crippen LogP contribution in [0.2, 0.25) is 0 Å². The Balaban J connectivity index is 2.33. The van der Waals surface area contributed by atoms with Crippen molar-refractivity contribution in [3.05, 3.63) is 64.7 Å². The topological polar surface area (TPSA) is 63.2 Å². The zero-order chi connectivity index (χ0) is 16.3. The lowest BCUT2D eigenvalue weighted by Gasteiger charge is -2.13. The second-order valence-corrected chi connectivity index (χ2v) is 7.22. The van der Waals surface area contributed by atoms with Crippen molar-refractivity contribution in [2.24, 2.45) is 0 Å². The molecule has 5 heteroatoms. The molecule has 1 N–H and O–H groups in total. The van der Waals surface area contributed by atoms with E-state index in [0.29, 0.717) is 5.69 Å². The van der Waals surface area contributed by atoms with Gasteiger partial charge in [0.2, 0.25) is 16.3 Å². The molecule has 2 aromatic rings. The lowest BCUT2D eigenvalue weighted by molar-refractivity contribution is 0.549. The Labute approximate surface area is 131 Å². The molecule has 1 atom stereocenters. The molecule has 2 rings (SSSR count). The summed E-state index contributed by atoms with van der Waals surface area (Å²) in [5.74, 6) is -0.481. The van der Waals surface area contributed by atoms with E-state index in [2.05, 4.69) is 11.0 Å². The van der Waals surface area contributed by atoms with Crippen molar-refractivity contribution in [3.63, 3.8) is 0 Å². The van der Waals surface area contributed by atoms with E-state index < -0.39 is 15.9 Å². The molecule has 0 amide bonds. The highest BCUT2D eigenvalue weighted by Gasteiger charge is 2.15. The number of anilines is 1. The number of sulfonamides is 1. The quantitative estimate of drug-likeness (QED) is 0.922. The van der Waals surface area contributed by atoms with Gasteiger partial charge in [-0.1, -0.05) is 41.5 Å². The van der Waals surface area contributed by atoms with Gasteiger partial charge in [0.05, 0.1) is 12.2 Å². The van der Waals surface area contributed by atoms with Gasteiger partial charge < -0.3 is 0 Å². The number of hydrogen-bond acceptors (Lipinski definition) is 3. The maximum absolute atomic E-state index is 11.4. The smallest absolute Gasteiger partial charge is 0.229 e. The molecular weight excluding hydrogens is 298 g/mol. The minimum Gasteiger partial charge on any atom is -0.290 e. The molecule has 1 radical (unpaired) electrons. The first-order valence-electron chi connectivity index (χ1n) is 6.82. The molecule has 0 aromatic heterocycles. The minimum absolute atomic E-state index is 0.469. The van der Waals surface area contributed by atoms with E-state index in [1.165, 1.54) is 0 Å². The summed E-state index contributed by atoms with van der Waals surface area (Å²) in [5, 5.41) is 0. The first-order valence-corrected chi connectivity index (χ1v) is 8.71. The number of aryl methyl sites for hydroxylation is 2. The number of benzene rings is 2. The van der Waals surface area contributed by atoms with Gasteiger partial charge in [-0.15, -0.1) is 0 Å². The molecule has 0 aliphatic rings. The third-order valence-corrected chi connectivity index (χ3v) is 3.85. The van der Waals surface area contributed by atoms with Crippen LogP contribution in [0, 0.1) is 13.8 Å². The first kappa shape index (κ1) is 16.2. The van der Waals surface area contributed by atoms with Crippen molar-refractivity contribution < 1.29 is 13.2 Å². The second-order valence-electron chi connectivity index (χ2n) is 5.47. The van der Waals surface area contributed by atoms with E-state index in [9.17, 15) is 13.2 Å². The second kappa shape index (κ2) is 6.32. The fourth-order valence-corrected chi connectivity index (χ4v) is 3.03. The summed E-state index contributed by atoms with van der Waals surface area (Å²) in [5.41, 5.74) is 4.31. The normalized spacial score (nSPS) is 12.7. The molecule has 2 aromatic carbocycles. The van der Waals surface area contributed by atoms with Crippen LogP contribution in [0.3, 0.4) is 0 Å². The lowest BCUT2D eigenvalue weighted by Crippen LogP contribution is -2.10. The Morgan fingerprint density at radius 1 is 0.955 bits per heavy atom. The predicted molar refractivity (Wildman–Crippen MR) is 88.4 cm³/mol. The Kier molecular flexibility index (Phi) is 4.66. The van der Waals surface area contributed by atoms with Gasteiger partial charge in [-0.2, -0.15) is 0 Å². The van der Waals surface area contributed by atoms with Gasteiger partial charge in [0.25, 0.3) is 0 Å². The standard InChI is InChI=1S/C17H18NO3S/c1-12-8-13(2)10-15(9-12)17(11-19)14-4-6-16(7-5-14)18-22(3,20)21/h4-10,17-18H,1-3H3. The average Bonchev–Trinajstić information content (AvgIpc) is 2.38. The maximum atomic E-state index is 11.4. The van der Waals surface area contributed by atoms with Gasteiger partial charge in [-0.25, -0.2) is 8.42 Å². The predicted octanol–water partition coefficient (Wildman–Crippen LogP) is 2.92. The van der Waals surface area contributed by atoms with Crippen LogP contribution in [0.5, 0.6) is 0 Å². The highest BCUT2D eigenvalue weighted by atomic mass is 32.2. The van der Waals surface area contributed by atoms with Crippen molar-refractivity contribution in [2.45, 2.75) is 19.8 Å². The number of rotatable bonds is 5. The SMILES string of the molecule is Cc1cc(C)cc(C([C]=O)c2ccc(NS(C)(=O)=O)cc2)c1. The van der Waals surface area contributed by atoms with Crippen molar-refractivity contribution in [1.29, 1.82) is 0 Å². The third-order valence-electron chi connectivity index (χ3n) is 3.24. The van der Waals surface area contributed by atoms with E-state index in [4.69, 9.17) is 0 Å². The monoisotopic (exact) mass is 316 g/mol. The van der Waals surface area contributed by atoms with Crippen LogP contribution in [0.25, 0.3) is 0 Å². The molecule has 0 heterocycles. The van der Waals surface area contributed by atoms with Crippen LogP contribution >= 0.6 is 0 Å². The van der Waals surface area contributed by atoms with Crippen molar-refractivity contribution >= 4 is 22.0 Å². The fourth-order valence-electron chi connectivity index (χ4n) is 2.46. The molecule has 0 saturated heterocycles. The van der Waals surface area contributed by atoms with E-state index in [1.807, 2.05) is 32.0 Å². The van der Waals surface area contributed by atoms with Crippen LogP contribution in [-0.4, -0.2) is 21.0 Å². The number of hydrogen-bond donors (Lipinski definition) is 1. The van der Waals surface area contributed by atoms with Crippen LogP contribution in [-0.2, 0) is 14.8 Å². The third kappa shape index (κ3) is 4.18. The summed E-state index contributed by atoms with van der Waals surface area (Å²) in [7, 11) is -3.31. The molecule has 0 fully saturated rings. The zero-order valence-corrected chi connectivity index (χ0v) is 13.6. The molecule has 0 aliphatic heterocycles. The molecule has 0 saturated carbocycles. The van der Waals surface area contributed by atoms with Crippen molar-refractivity contribution in [2.75, 3.05) is 11.0 Å². The van der Waals surface area contributed by atoms with Crippen LogP contribution < -0.4 is 4.72 Å². The highest BCUT2D eigenvalue weighted by molar-refractivity contribution is 7.92. The summed E-state index contributed by atoms with van der Waals surface area (Å²) in [4.78, 5) is 11.4. The van der Waals surface area contributed by atoms with E-state index in [-0.39, 0.29) is 0 Å². The Hall–Kier alpha value is -2.14. The Morgan fingerprint density at radius 3 is 1.95 bits per heavy atom. The Morgan fingerprint density at radius 2 is 1.50 bits per heavy atom. The highest BCUT2D eigenvalue weighted by Crippen LogP contribution is 2.26. The Bertz CT molecular complexity index is 760. The molecule has 4 nitrogen and oxygen atoms in total. The van der Waals surface area contributed by atoms with Crippen LogP contribution in [0.4, 0.5) is 5.69 Å². The first-order chi connectivity index (χ1) is 10.3. The molecule has 115 valence electrons. The molecule has 22 heavy (non-hydrogen) atoms. The van der Waals surface area contributed by atoms with Gasteiger partial charge in [0.15, 0.2) is 0 Å². The zero-order valence-electron chi connectivity index (χ0n) is 12.8. The molecule has 0 bridgehead atoms. The molecule has 0 spiro atoms. The van der Waals surface area contributed by atoms with Gasteiger partial charge in [0, 0.05) is 5.69 Å². The molecule has 1 unspecified atom stereocenters. The average molecular weight is 316 g/mol. The summed E-state index contributed by atoms with van der Waals surface area (Å²) < 4.78 is 24.8. The fraction of sp³-hybridized carbons (Fsp3) is 0.235. The summed E-state index contributed by atoms with van der Waals surface area (Å²) in [6, 6.07) is 12.7. The number of nitrogens with one attached hydrogen (secondary N) is 1. The van der Waals surface area contributed by atoms with Crippen molar-refractivity contribution in [1.82, 2.24) is 0 Å². The van der Waals surface area contributed by atoms with E-state index in [1.54, 1.807) is 24.3 Å². The molecular formula is C17H18NO3S. The van der Waals surface area contributed by atoms with E-state index >= 15 is 0 Å². The number of carbonyl (C=O) groups excluding carboxylic acids is 1. The lowest BCUT2D eigenvalue weighted by atomic mass is 9.90. The van der Waals surface area contributed by atoms with Gasteiger partial charge in [-0.3, -0.25) is 9.52 Å². The maximum Gasteiger partial charge on any atom is 0.229 e. The van der Waals surface area contributed by atoms with Crippen LogP contribution in [0.15, 0.2) is 42.5 Å². The van der Waals surface area contributed by atoms with Gasteiger partial charge in [0.1, 0.15) is 0 Å². The largest absolute Gasteiger partial charge is 0.290 e. The van der Waals surface area contributed by atoms with Gasteiger partial charge in [-0.05, 0) is 37.1 Å². The van der Waals surface area contributed by atoms with Gasteiger partial charge >= 0.3 is 0 Å². The van der Waals surface area contributed by atoms with Crippen molar-refractivity contribution in [3.8, 4) is 0 Å². The summed E-state index contributed by atoms with van der Waals surface area (Å²) >= 11 is 0. The summed E-state index contributed by atoms with van der Waals surface area (Å²) in [6.07, 6.45) is 3.16. The summed E-state index contributed by atoms with van der Waals surface area (Å²) in [6.45, 7) is 3.97.